The molecule has 1 saturated heterocycles. The molecule has 0 radical (unpaired) electrons. The van der Waals surface area contributed by atoms with E-state index in [9.17, 15) is 4.39 Å². The lowest BCUT2D eigenvalue weighted by atomic mass is 9.92. The van der Waals surface area contributed by atoms with Gasteiger partial charge in [-0.05, 0) is 77.2 Å². The van der Waals surface area contributed by atoms with Crippen LogP contribution in [0.3, 0.4) is 0 Å². The van der Waals surface area contributed by atoms with Crippen LogP contribution in [0, 0.1) is 11.6 Å². The number of hydrogen-bond donors (Lipinski definition) is 2. The number of anilines is 3. The van der Waals surface area contributed by atoms with Crippen molar-refractivity contribution in [2.45, 2.75) is 38.6 Å². The van der Waals surface area contributed by atoms with Gasteiger partial charge in [0.2, 0.25) is 5.95 Å². The molecule has 0 unspecified atom stereocenters. The van der Waals surface area contributed by atoms with Crippen LogP contribution in [0.5, 0.6) is 5.75 Å². The Hall–Kier alpha value is -3.79. The summed E-state index contributed by atoms with van der Waals surface area (Å²) < 4.78 is 35.5. The average Bonchev–Trinajstić information content (AvgIpc) is 3.33. The Morgan fingerprint density at radius 1 is 1.08 bits per heavy atom. The van der Waals surface area contributed by atoms with Crippen LogP contribution in [-0.2, 0) is 0 Å². The number of nitrogens with zero attached hydrogens (tertiary/aromatic N) is 5. The van der Waals surface area contributed by atoms with Crippen LogP contribution in [0.15, 0.2) is 36.5 Å². The van der Waals surface area contributed by atoms with Gasteiger partial charge in [0.15, 0.2) is 17.4 Å². The van der Waals surface area contributed by atoms with Crippen molar-refractivity contribution in [2.24, 2.45) is 0 Å². The van der Waals surface area contributed by atoms with Crippen molar-refractivity contribution in [1.29, 1.82) is 0 Å². The summed E-state index contributed by atoms with van der Waals surface area (Å²) in [6.45, 7) is 7.19. The maximum Gasteiger partial charge on any atom is 0.227 e. The molecule has 2 aromatic heterocycles. The summed E-state index contributed by atoms with van der Waals surface area (Å²) in [6.07, 6.45) is 3.24. The van der Waals surface area contributed by atoms with Gasteiger partial charge < -0.3 is 19.9 Å². The van der Waals surface area contributed by atoms with Crippen LogP contribution in [-0.4, -0.2) is 64.4 Å². The smallest absolute Gasteiger partial charge is 0.227 e. The number of fused-ring (bicyclic) bond motifs is 2. The van der Waals surface area contributed by atoms with E-state index in [-0.39, 0.29) is 23.4 Å². The lowest BCUT2D eigenvalue weighted by Gasteiger charge is -2.34. The third kappa shape index (κ3) is 4.53. The third-order valence-electron chi connectivity index (χ3n) is 7.51. The molecule has 1 fully saturated rings. The molecule has 0 atom stereocenters. The van der Waals surface area contributed by atoms with Gasteiger partial charge in [0.05, 0.1) is 29.6 Å². The fourth-order valence-corrected chi connectivity index (χ4v) is 5.44. The van der Waals surface area contributed by atoms with Gasteiger partial charge in [-0.15, -0.1) is 0 Å². The maximum absolute atomic E-state index is 15.0. The molecule has 10 heteroatoms. The Bertz CT molecular complexity index is 1480. The molecule has 2 aliphatic heterocycles. The summed E-state index contributed by atoms with van der Waals surface area (Å²) in [5, 5.41) is 12.0. The number of nitrogens with one attached hydrogen (secondary N) is 2. The van der Waals surface area contributed by atoms with E-state index in [4.69, 9.17) is 4.74 Å². The third-order valence-corrected chi connectivity index (χ3v) is 7.51. The van der Waals surface area contributed by atoms with Crippen molar-refractivity contribution >= 4 is 28.2 Å². The number of benzene rings is 2. The molecular formula is C28H31F2N7O. The highest BCUT2D eigenvalue weighted by Gasteiger charge is 2.26. The van der Waals surface area contributed by atoms with Crippen LogP contribution in [0.4, 0.5) is 26.1 Å². The highest BCUT2D eigenvalue weighted by atomic mass is 19.1. The van der Waals surface area contributed by atoms with Gasteiger partial charge in [-0.1, -0.05) is 0 Å². The number of piperidine rings is 1. The first kappa shape index (κ1) is 24.5. The number of rotatable bonds is 5. The zero-order chi connectivity index (χ0) is 26.4. The Morgan fingerprint density at radius 3 is 2.68 bits per heavy atom. The van der Waals surface area contributed by atoms with Gasteiger partial charge in [-0.3, -0.25) is 5.10 Å². The minimum absolute atomic E-state index is 0.0230. The topological polar surface area (TPSA) is 82.2 Å². The molecule has 8 nitrogen and oxygen atoms in total. The van der Waals surface area contributed by atoms with Crippen molar-refractivity contribution in [1.82, 2.24) is 25.1 Å². The van der Waals surface area contributed by atoms with Crippen LogP contribution in [0.1, 0.15) is 38.3 Å². The molecule has 0 saturated carbocycles. The molecule has 198 valence electrons. The summed E-state index contributed by atoms with van der Waals surface area (Å²) in [7, 11) is 2.14. The van der Waals surface area contributed by atoms with Crippen LogP contribution in [0.2, 0.25) is 0 Å². The van der Waals surface area contributed by atoms with Crippen molar-refractivity contribution in [3.63, 3.8) is 0 Å². The first-order valence-electron chi connectivity index (χ1n) is 13.1. The fraction of sp³-hybridized carbons (Fsp3) is 0.393. The molecule has 6 rings (SSSR count). The molecular weight excluding hydrogens is 488 g/mol. The highest BCUT2D eigenvalue weighted by molar-refractivity contribution is 5.86. The standard InChI is InChI=1S/C28H31F2N7O/c1-16(2)37-10-11-38-27-21(29)12-18(13-24(27)37)26-22(30)15-31-28(33-26)32-19-4-5-23-20(14-19)25(35-34-23)17-6-8-36(3)9-7-17/h4-5,12-17H,6-11H2,1-3H3,(H,34,35)(H,31,32,33). The first-order chi connectivity index (χ1) is 18.4. The predicted octanol–water partition coefficient (Wildman–Crippen LogP) is 5.46. The monoisotopic (exact) mass is 519 g/mol. The lowest BCUT2D eigenvalue weighted by Crippen LogP contribution is -2.38. The second-order valence-electron chi connectivity index (χ2n) is 10.4. The normalized spacial score (nSPS) is 16.6. The summed E-state index contributed by atoms with van der Waals surface area (Å²) in [4.78, 5) is 13.0. The Balaban J connectivity index is 1.31. The lowest BCUT2D eigenvalue weighted by molar-refractivity contribution is 0.254. The van der Waals surface area contributed by atoms with E-state index in [1.807, 2.05) is 36.9 Å². The van der Waals surface area contributed by atoms with Crippen molar-refractivity contribution in [2.75, 3.05) is 43.5 Å². The minimum Gasteiger partial charge on any atom is -0.486 e. The maximum atomic E-state index is 15.0. The first-order valence-corrected chi connectivity index (χ1v) is 13.1. The number of likely N-dealkylation sites (tertiary alicyclic amines) is 1. The summed E-state index contributed by atoms with van der Waals surface area (Å²) in [6, 6.07) is 9.03. The largest absolute Gasteiger partial charge is 0.486 e. The number of H-pyrrole nitrogens is 1. The Labute approximate surface area is 220 Å². The predicted molar refractivity (Wildman–Crippen MR) is 144 cm³/mol. The molecule has 4 aromatic rings. The fourth-order valence-electron chi connectivity index (χ4n) is 5.44. The molecule has 0 aliphatic carbocycles. The van der Waals surface area contributed by atoms with Crippen molar-refractivity contribution in [3.05, 3.63) is 53.9 Å². The zero-order valence-electron chi connectivity index (χ0n) is 21.8. The Kier molecular flexibility index (Phi) is 6.35. The second kappa shape index (κ2) is 9.83. The summed E-state index contributed by atoms with van der Waals surface area (Å²) in [5.41, 5.74) is 3.75. The van der Waals surface area contributed by atoms with Gasteiger partial charge >= 0.3 is 0 Å². The molecule has 2 aromatic carbocycles. The summed E-state index contributed by atoms with van der Waals surface area (Å²) in [5.74, 6) is -0.354. The molecule has 4 heterocycles. The van der Waals surface area contributed by atoms with E-state index in [1.165, 1.54) is 6.07 Å². The quantitative estimate of drug-likeness (QED) is 0.362. The minimum atomic E-state index is -0.627. The second-order valence-corrected chi connectivity index (χ2v) is 10.4. The number of halogens is 2. The number of hydrogen-bond acceptors (Lipinski definition) is 7. The van der Waals surface area contributed by atoms with Gasteiger partial charge in [0.25, 0.3) is 0 Å². The van der Waals surface area contributed by atoms with E-state index in [0.29, 0.717) is 30.3 Å². The van der Waals surface area contributed by atoms with E-state index in [1.54, 1.807) is 6.07 Å². The van der Waals surface area contributed by atoms with Crippen LogP contribution < -0.4 is 15.0 Å². The van der Waals surface area contributed by atoms with Gasteiger partial charge in [-0.25, -0.2) is 18.7 Å². The van der Waals surface area contributed by atoms with Crippen LogP contribution >= 0.6 is 0 Å². The van der Waals surface area contributed by atoms with Gasteiger partial charge in [0, 0.05) is 28.6 Å². The van der Waals surface area contributed by atoms with Crippen molar-refractivity contribution < 1.29 is 13.5 Å². The Morgan fingerprint density at radius 2 is 1.89 bits per heavy atom. The van der Waals surface area contributed by atoms with Gasteiger partial charge in [0.1, 0.15) is 12.3 Å². The average molecular weight is 520 g/mol. The zero-order valence-corrected chi connectivity index (χ0v) is 21.8. The molecule has 2 aliphatic rings. The van der Waals surface area contributed by atoms with Crippen LogP contribution in [0.25, 0.3) is 22.2 Å². The molecule has 0 spiro atoms. The van der Waals surface area contributed by atoms with E-state index < -0.39 is 11.6 Å². The molecule has 2 N–H and O–H groups in total. The van der Waals surface area contributed by atoms with E-state index in [0.717, 1.165) is 54.4 Å². The number of ether oxygens (including phenoxy) is 1. The van der Waals surface area contributed by atoms with E-state index in [2.05, 4.69) is 37.4 Å². The number of aromatic nitrogens is 4. The molecule has 0 amide bonds. The highest BCUT2D eigenvalue weighted by Crippen LogP contribution is 2.39. The summed E-state index contributed by atoms with van der Waals surface area (Å²) >= 11 is 0. The SMILES string of the molecule is CC(C)N1CCOc2c(F)cc(-c3nc(Nc4ccc5[nH]nc(C6CCN(C)CC6)c5c4)ncc3F)cc21. The van der Waals surface area contributed by atoms with E-state index >= 15 is 4.39 Å². The molecule has 38 heavy (non-hydrogen) atoms. The molecule has 0 bridgehead atoms. The van der Waals surface area contributed by atoms with Gasteiger partial charge in [-0.2, -0.15) is 5.10 Å². The number of aromatic amines is 1. The van der Waals surface area contributed by atoms with Crippen molar-refractivity contribution in [3.8, 4) is 17.0 Å².